The number of piperazine rings is 1. The van der Waals surface area contributed by atoms with Gasteiger partial charge in [0.2, 0.25) is 5.91 Å². The zero-order chi connectivity index (χ0) is 22.7. The first kappa shape index (κ1) is 21.8. The number of pyridine rings is 1. The van der Waals surface area contributed by atoms with E-state index in [4.69, 9.17) is 0 Å². The number of hydrogen-bond acceptors (Lipinski definition) is 4. The van der Waals surface area contributed by atoms with Crippen LogP contribution in [0.2, 0.25) is 0 Å². The quantitative estimate of drug-likeness (QED) is 0.670. The van der Waals surface area contributed by atoms with Crippen LogP contribution in [0.4, 0.5) is 18.9 Å². The van der Waals surface area contributed by atoms with Gasteiger partial charge in [0.25, 0.3) is 5.91 Å². The Hall–Kier alpha value is -3.46. The lowest BCUT2D eigenvalue weighted by molar-refractivity contribution is -0.137. The van der Waals surface area contributed by atoms with Crippen molar-refractivity contribution in [3.63, 3.8) is 0 Å². The molecule has 2 aromatic carbocycles. The third-order valence-corrected chi connectivity index (χ3v) is 5.40. The van der Waals surface area contributed by atoms with E-state index in [2.05, 4.69) is 10.3 Å². The van der Waals surface area contributed by atoms with Gasteiger partial charge >= 0.3 is 6.18 Å². The molecule has 0 spiro atoms. The molecule has 2 amide bonds. The Morgan fingerprint density at radius 3 is 2.41 bits per heavy atom. The van der Waals surface area contributed by atoms with Crippen LogP contribution in [0.3, 0.4) is 0 Å². The van der Waals surface area contributed by atoms with Crippen molar-refractivity contribution in [3.05, 3.63) is 71.9 Å². The number of aromatic nitrogens is 1. The van der Waals surface area contributed by atoms with Crippen molar-refractivity contribution < 1.29 is 22.8 Å². The molecule has 1 aromatic heterocycles. The minimum Gasteiger partial charge on any atom is -0.336 e. The smallest absolute Gasteiger partial charge is 0.336 e. The molecular formula is C23H21F3N4O2. The van der Waals surface area contributed by atoms with Crippen molar-refractivity contribution in [1.82, 2.24) is 14.8 Å². The standard InChI is InChI=1S/C23H21F3N4O2/c24-23(25,26)18-8-1-2-9-19(18)28-20(31)15-29-11-13-30(14-12-29)22(32)17-7-3-5-16-6-4-10-27-21(16)17/h1-10H,11-15H2,(H,28,31). The molecule has 3 aromatic rings. The van der Waals surface area contributed by atoms with Gasteiger partial charge in [0.05, 0.1) is 28.9 Å². The third-order valence-electron chi connectivity index (χ3n) is 5.40. The van der Waals surface area contributed by atoms with Crippen LogP contribution in [-0.4, -0.2) is 59.3 Å². The van der Waals surface area contributed by atoms with E-state index >= 15 is 0 Å². The van der Waals surface area contributed by atoms with Crippen LogP contribution in [0.15, 0.2) is 60.8 Å². The average Bonchev–Trinajstić information content (AvgIpc) is 2.78. The predicted octanol–water partition coefficient (Wildman–Crippen LogP) is 3.65. The summed E-state index contributed by atoms with van der Waals surface area (Å²) in [6.07, 6.45) is -2.90. The maximum Gasteiger partial charge on any atom is 0.418 e. The molecule has 6 nitrogen and oxygen atoms in total. The summed E-state index contributed by atoms with van der Waals surface area (Å²) in [5.74, 6) is -0.655. The highest BCUT2D eigenvalue weighted by atomic mass is 19.4. The molecule has 1 saturated heterocycles. The summed E-state index contributed by atoms with van der Waals surface area (Å²) in [7, 11) is 0. The largest absolute Gasteiger partial charge is 0.418 e. The monoisotopic (exact) mass is 442 g/mol. The molecule has 0 atom stereocenters. The molecule has 0 saturated carbocycles. The van der Waals surface area contributed by atoms with Gasteiger partial charge in [-0.15, -0.1) is 0 Å². The Labute approximate surface area is 182 Å². The number of nitrogens with zero attached hydrogens (tertiary/aromatic N) is 3. The van der Waals surface area contributed by atoms with Crippen LogP contribution < -0.4 is 5.32 Å². The molecule has 9 heteroatoms. The number of carbonyl (C=O) groups is 2. The molecule has 1 aliphatic rings. The van der Waals surface area contributed by atoms with Gasteiger partial charge in [0.15, 0.2) is 0 Å². The van der Waals surface area contributed by atoms with Crippen LogP contribution in [0, 0.1) is 0 Å². The summed E-state index contributed by atoms with van der Waals surface area (Å²) in [5, 5.41) is 3.24. The van der Waals surface area contributed by atoms with E-state index in [1.807, 2.05) is 29.2 Å². The van der Waals surface area contributed by atoms with Crippen LogP contribution in [0.1, 0.15) is 15.9 Å². The molecule has 1 aliphatic heterocycles. The fourth-order valence-corrected chi connectivity index (χ4v) is 3.79. The van der Waals surface area contributed by atoms with E-state index in [9.17, 15) is 22.8 Å². The summed E-state index contributed by atoms with van der Waals surface area (Å²) in [6.45, 7) is 1.66. The van der Waals surface area contributed by atoms with Gasteiger partial charge in [-0.2, -0.15) is 13.2 Å². The normalized spacial score (nSPS) is 15.0. The highest BCUT2D eigenvalue weighted by Gasteiger charge is 2.33. The number of para-hydroxylation sites is 2. The van der Waals surface area contributed by atoms with Gasteiger partial charge in [0.1, 0.15) is 0 Å². The molecule has 4 rings (SSSR count). The molecule has 2 heterocycles. The molecule has 166 valence electrons. The Morgan fingerprint density at radius 1 is 0.938 bits per heavy atom. The van der Waals surface area contributed by atoms with Crippen molar-refractivity contribution >= 4 is 28.4 Å². The number of anilines is 1. The Bertz CT molecular complexity index is 1140. The topological polar surface area (TPSA) is 65.5 Å². The number of benzene rings is 2. The summed E-state index contributed by atoms with van der Waals surface area (Å²) in [4.78, 5) is 33.2. The number of hydrogen-bond donors (Lipinski definition) is 1. The van der Waals surface area contributed by atoms with Crippen molar-refractivity contribution in [2.45, 2.75) is 6.18 Å². The number of alkyl halides is 3. The summed E-state index contributed by atoms with van der Waals surface area (Å²) >= 11 is 0. The lowest BCUT2D eigenvalue weighted by Gasteiger charge is -2.34. The van der Waals surface area contributed by atoms with Crippen molar-refractivity contribution in [1.29, 1.82) is 0 Å². The van der Waals surface area contributed by atoms with E-state index < -0.39 is 17.6 Å². The third kappa shape index (κ3) is 4.72. The highest BCUT2D eigenvalue weighted by Crippen LogP contribution is 2.34. The average molecular weight is 442 g/mol. The van der Waals surface area contributed by atoms with E-state index in [1.54, 1.807) is 17.2 Å². The zero-order valence-electron chi connectivity index (χ0n) is 17.1. The van der Waals surface area contributed by atoms with Crippen LogP contribution >= 0.6 is 0 Å². The fraction of sp³-hybridized carbons (Fsp3) is 0.261. The summed E-state index contributed by atoms with van der Waals surface area (Å²) in [6, 6.07) is 14.0. The maximum absolute atomic E-state index is 13.1. The highest BCUT2D eigenvalue weighted by molar-refractivity contribution is 6.05. The van der Waals surface area contributed by atoms with E-state index in [-0.39, 0.29) is 18.1 Å². The van der Waals surface area contributed by atoms with Gasteiger partial charge < -0.3 is 10.2 Å². The number of carbonyl (C=O) groups excluding carboxylic acids is 2. The minimum absolute atomic E-state index is 0.0515. The molecule has 0 radical (unpaired) electrons. The number of amides is 2. The van der Waals surface area contributed by atoms with Gasteiger partial charge in [-0.25, -0.2) is 0 Å². The van der Waals surface area contributed by atoms with Crippen LogP contribution in [0.5, 0.6) is 0 Å². The molecule has 1 fully saturated rings. The lowest BCUT2D eigenvalue weighted by atomic mass is 10.1. The Morgan fingerprint density at radius 2 is 1.66 bits per heavy atom. The Balaban J connectivity index is 1.35. The SMILES string of the molecule is O=C(CN1CCN(C(=O)c2cccc3cccnc23)CC1)Nc1ccccc1C(F)(F)F. The molecular weight excluding hydrogens is 421 g/mol. The van der Waals surface area contributed by atoms with Gasteiger partial charge in [0, 0.05) is 37.8 Å². The van der Waals surface area contributed by atoms with Crippen molar-refractivity contribution in [3.8, 4) is 0 Å². The molecule has 1 N–H and O–H groups in total. The van der Waals surface area contributed by atoms with E-state index in [0.29, 0.717) is 37.3 Å². The second kappa shape index (κ2) is 8.96. The first-order chi connectivity index (χ1) is 15.3. The van der Waals surface area contributed by atoms with Gasteiger partial charge in [-0.05, 0) is 24.3 Å². The number of halogens is 3. The van der Waals surface area contributed by atoms with Crippen LogP contribution in [0.25, 0.3) is 10.9 Å². The lowest BCUT2D eigenvalue weighted by Crippen LogP contribution is -2.50. The maximum atomic E-state index is 13.1. The first-order valence-corrected chi connectivity index (χ1v) is 10.1. The second-order valence-electron chi connectivity index (χ2n) is 7.54. The number of rotatable bonds is 4. The molecule has 0 unspecified atom stereocenters. The Kier molecular flexibility index (Phi) is 6.09. The molecule has 0 bridgehead atoms. The first-order valence-electron chi connectivity index (χ1n) is 10.1. The second-order valence-corrected chi connectivity index (χ2v) is 7.54. The zero-order valence-corrected chi connectivity index (χ0v) is 17.1. The summed E-state index contributed by atoms with van der Waals surface area (Å²) < 4.78 is 39.3. The van der Waals surface area contributed by atoms with Crippen molar-refractivity contribution in [2.75, 3.05) is 38.0 Å². The van der Waals surface area contributed by atoms with Gasteiger partial charge in [-0.3, -0.25) is 19.5 Å². The van der Waals surface area contributed by atoms with Crippen molar-refractivity contribution in [2.24, 2.45) is 0 Å². The van der Waals surface area contributed by atoms with Gasteiger partial charge in [-0.1, -0.05) is 30.3 Å². The van der Waals surface area contributed by atoms with Crippen LogP contribution in [-0.2, 0) is 11.0 Å². The number of nitrogens with one attached hydrogen (secondary N) is 1. The van der Waals surface area contributed by atoms with E-state index in [1.165, 1.54) is 18.2 Å². The molecule has 32 heavy (non-hydrogen) atoms. The molecule has 0 aliphatic carbocycles. The van der Waals surface area contributed by atoms with E-state index in [0.717, 1.165) is 11.5 Å². The fourth-order valence-electron chi connectivity index (χ4n) is 3.79. The predicted molar refractivity (Wildman–Crippen MR) is 114 cm³/mol. The minimum atomic E-state index is -4.55. The summed E-state index contributed by atoms with van der Waals surface area (Å²) in [5.41, 5.74) is 0.0259. The number of fused-ring (bicyclic) bond motifs is 1.